The average Bonchev–Trinajstić information content (AvgIpc) is 3.19. The predicted octanol–water partition coefficient (Wildman–Crippen LogP) is 3.66. The second kappa shape index (κ2) is 8.31. The van der Waals surface area contributed by atoms with Crippen molar-refractivity contribution in [1.82, 2.24) is 9.78 Å². The van der Waals surface area contributed by atoms with Crippen LogP contribution in [0, 0.1) is 5.82 Å². The van der Waals surface area contributed by atoms with Gasteiger partial charge in [-0.25, -0.2) is 13.9 Å². The van der Waals surface area contributed by atoms with Crippen LogP contribution < -0.4 is 15.4 Å². The third kappa shape index (κ3) is 4.11. The lowest BCUT2D eigenvalue weighted by molar-refractivity contribution is -0.132. The van der Waals surface area contributed by atoms with Crippen LogP contribution in [0.4, 0.5) is 15.9 Å². The van der Waals surface area contributed by atoms with Crippen molar-refractivity contribution in [2.75, 3.05) is 17.2 Å². The number of benzene rings is 2. The Balaban J connectivity index is 1.64. The number of aliphatic carboxylic acids is 1. The van der Waals surface area contributed by atoms with Gasteiger partial charge in [0.1, 0.15) is 28.6 Å². The summed E-state index contributed by atoms with van der Waals surface area (Å²) < 4.78 is 20.2. The number of carboxylic acids is 1. The zero-order valence-electron chi connectivity index (χ0n) is 16.5. The van der Waals surface area contributed by atoms with E-state index < -0.39 is 23.7 Å². The smallest absolute Gasteiger partial charge is 0.352 e. The summed E-state index contributed by atoms with van der Waals surface area (Å²) in [6.45, 7) is 2.42. The molecule has 31 heavy (non-hydrogen) atoms. The first-order valence-electron chi connectivity index (χ1n) is 9.55. The number of nitrogens with zero attached hydrogens (tertiary/aromatic N) is 2. The number of nitrogens with one attached hydrogen (secondary N) is 2. The molecule has 1 aromatic heterocycles. The van der Waals surface area contributed by atoms with Gasteiger partial charge in [-0.3, -0.25) is 4.79 Å². The van der Waals surface area contributed by atoms with E-state index in [2.05, 4.69) is 15.7 Å². The van der Waals surface area contributed by atoms with Crippen molar-refractivity contribution >= 4 is 23.4 Å². The summed E-state index contributed by atoms with van der Waals surface area (Å²) in [5.41, 5.74) is 1.25. The monoisotopic (exact) mass is 422 g/mol. The van der Waals surface area contributed by atoms with Crippen molar-refractivity contribution in [2.24, 2.45) is 0 Å². The number of fused-ring (bicyclic) bond motifs is 1. The first kappa shape index (κ1) is 20.1. The Hall–Kier alpha value is -4.14. The first-order valence-corrected chi connectivity index (χ1v) is 9.55. The fourth-order valence-corrected chi connectivity index (χ4v) is 3.28. The third-order valence-electron chi connectivity index (χ3n) is 4.75. The summed E-state index contributed by atoms with van der Waals surface area (Å²) >= 11 is 0. The van der Waals surface area contributed by atoms with Crippen LogP contribution in [-0.4, -0.2) is 33.4 Å². The van der Waals surface area contributed by atoms with Crippen LogP contribution in [0.5, 0.6) is 5.75 Å². The van der Waals surface area contributed by atoms with Gasteiger partial charge in [-0.05, 0) is 55.0 Å². The number of hydrogen-bond acceptors (Lipinski definition) is 5. The van der Waals surface area contributed by atoms with Crippen molar-refractivity contribution in [1.29, 1.82) is 0 Å². The van der Waals surface area contributed by atoms with Crippen LogP contribution >= 0.6 is 0 Å². The summed E-state index contributed by atoms with van der Waals surface area (Å²) in [7, 11) is 0. The van der Waals surface area contributed by atoms with Crippen molar-refractivity contribution < 1.29 is 23.8 Å². The Labute approximate surface area is 177 Å². The van der Waals surface area contributed by atoms with Crippen molar-refractivity contribution in [3.8, 4) is 5.75 Å². The minimum absolute atomic E-state index is 0.0996. The molecule has 1 aliphatic rings. The Bertz CT molecular complexity index is 1150. The third-order valence-corrected chi connectivity index (χ3v) is 4.75. The van der Waals surface area contributed by atoms with Gasteiger partial charge >= 0.3 is 5.97 Å². The van der Waals surface area contributed by atoms with Crippen LogP contribution in [0.25, 0.3) is 0 Å². The van der Waals surface area contributed by atoms with E-state index >= 15 is 0 Å². The lowest BCUT2D eigenvalue weighted by Gasteiger charge is -2.24. The lowest BCUT2D eigenvalue weighted by Crippen LogP contribution is -2.25. The minimum Gasteiger partial charge on any atom is -0.494 e. The molecule has 0 spiro atoms. The molecule has 2 aromatic carbocycles. The van der Waals surface area contributed by atoms with E-state index in [0.29, 0.717) is 23.6 Å². The lowest BCUT2D eigenvalue weighted by atomic mass is 10.0. The van der Waals surface area contributed by atoms with Gasteiger partial charge in [0.05, 0.1) is 18.8 Å². The van der Waals surface area contributed by atoms with Gasteiger partial charge in [-0.15, -0.1) is 0 Å². The summed E-state index contributed by atoms with van der Waals surface area (Å²) in [5.74, 6) is -1.13. The molecule has 0 saturated carbocycles. The molecule has 1 atom stereocenters. The fourth-order valence-electron chi connectivity index (χ4n) is 3.28. The number of carbonyl (C=O) groups is 2. The number of ether oxygens (including phenoxy) is 1. The zero-order valence-corrected chi connectivity index (χ0v) is 16.5. The highest BCUT2D eigenvalue weighted by atomic mass is 19.1. The van der Waals surface area contributed by atoms with Crippen molar-refractivity contribution in [3.05, 3.63) is 83.4 Å². The van der Waals surface area contributed by atoms with E-state index in [0.717, 1.165) is 0 Å². The minimum atomic E-state index is -1.18. The average molecular weight is 422 g/mol. The summed E-state index contributed by atoms with van der Waals surface area (Å²) in [6.07, 6.45) is 2.82. The zero-order chi connectivity index (χ0) is 22.0. The molecule has 0 unspecified atom stereocenters. The van der Waals surface area contributed by atoms with E-state index in [-0.39, 0.29) is 17.1 Å². The Morgan fingerprint density at radius 3 is 2.55 bits per heavy atom. The van der Waals surface area contributed by atoms with Crippen molar-refractivity contribution in [2.45, 2.75) is 13.0 Å². The van der Waals surface area contributed by atoms with Gasteiger partial charge in [0.2, 0.25) is 0 Å². The highest BCUT2D eigenvalue weighted by Crippen LogP contribution is 2.32. The molecule has 1 aliphatic heterocycles. The number of anilines is 2. The fraction of sp³-hybridized carbons (Fsp3) is 0.136. The number of carbonyl (C=O) groups excluding carboxylic acids is 1. The summed E-state index contributed by atoms with van der Waals surface area (Å²) in [6, 6.07) is 11.9. The number of hydrogen-bond donors (Lipinski definition) is 3. The van der Waals surface area contributed by atoms with Crippen LogP contribution in [0.2, 0.25) is 0 Å². The maximum atomic E-state index is 13.3. The molecule has 4 rings (SSSR count). The van der Waals surface area contributed by atoms with Crippen LogP contribution in [0.3, 0.4) is 0 Å². The second-order valence-electron chi connectivity index (χ2n) is 6.77. The first-order chi connectivity index (χ1) is 15.0. The number of rotatable bonds is 6. The van der Waals surface area contributed by atoms with Crippen LogP contribution in [-0.2, 0) is 4.79 Å². The van der Waals surface area contributed by atoms with Gasteiger partial charge in [-0.1, -0.05) is 12.1 Å². The molecular formula is C22H19FN4O4. The Morgan fingerprint density at radius 1 is 1.19 bits per heavy atom. The number of aromatic nitrogens is 2. The van der Waals surface area contributed by atoms with E-state index in [1.165, 1.54) is 29.1 Å². The SMILES string of the molecule is CCOc1ccc(NC(=O)c2cnn3c2NC(C(=O)O)=C[C@@H]3c2ccc(F)cc2)cc1. The number of amides is 1. The molecule has 0 radical (unpaired) electrons. The maximum Gasteiger partial charge on any atom is 0.352 e. The summed E-state index contributed by atoms with van der Waals surface area (Å²) in [5, 5.41) is 19.3. The van der Waals surface area contributed by atoms with Crippen LogP contribution in [0.1, 0.15) is 28.9 Å². The van der Waals surface area contributed by atoms with E-state index in [1.54, 1.807) is 36.4 Å². The van der Waals surface area contributed by atoms with E-state index in [4.69, 9.17) is 4.74 Å². The molecule has 2 heterocycles. The highest BCUT2D eigenvalue weighted by molar-refractivity contribution is 6.08. The van der Waals surface area contributed by atoms with Crippen molar-refractivity contribution in [3.63, 3.8) is 0 Å². The molecule has 8 nitrogen and oxygen atoms in total. The highest BCUT2D eigenvalue weighted by Gasteiger charge is 2.29. The second-order valence-corrected chi connectivity index (χ2v) is 6.77. The largest absolute Gasteiger partial charge is 0.494 e. The molecule has 0 fully saturated rings. The summed E-state index contributed by atoms with van der Waals surface area (Å²) in [4.78, 5) is 24.5. The Kier molecular flexibility index (Phi) is 5.40. The molecule has 0 aliphatic carbocycles. The Morgan fingerprint density at radius 2 is 1.90 bits per heavy atom. The maximum absolute atomic E-state index is 13.3. The van der Waals surface area contributed by atoms with Crippen LogP contribution in [0.15, 0.2) is 66.5 Å². The molecular weight excluding hydrogens is 403 g/mol. The molecule has 1 amide bonds. The molecule has 9 heteroatoms. The predicted molar refractivity (Wildman–Crippen MR) is 112 cm³/mol. The standard InChI is InChI=1S/C22H19FN4O4/c1-2-31-16-9-7-15(8-10-16)25-21(28)17-12-24-27-19(13-3-5-14(23)6-4-13)11-18(22(29)30)26-20(17)27/h3-12,19,26H,2H2,1H3,(H,25,28)(H,29,30)/t19-/m1/s1. The van der Waals surface area contributed by atoms with Gasteiger partial charge in [0.25, 0.3) is 5.91 Å². The number of halogens is 1. The molecule has 0 saturated heterocycles. The number of carboxylic acid groups (broad SMARTS) is 1. The topological polar surface area (TPSA) is 105 Å². The van der Waals surface area contributed by atoms with E-state index in [9.17, 15) is 19.1 Å². The van der Waals surface area contributed by atoms with Gasteiger partial charge in [0, 0.05) is 5.69 Å². The van der Waals surface area contributed by atoms with Gasteiger partial charge in [0.15, 0.2) is 0 Å². The normalized spacial score (nSPS) is 14.8. The molecule has 0 bridgehead atoms. The van der Waals surface area contributed by atoms with Gasteiger partial charge < -0.3 is 20.5 Å². The molecule has 3 aromatic rings. The number of allylic oxidation sites excluding steroid dienone is 1. The quantitative estimate of drug-likeness (QED) is 0.560. The molecule has 3 N–H and O–H groups in total. The van der Waals surface area contributed by atoms with Gasteiger partial charge in [-0.2, -0.15) is 5.10 Å². The molecule has 158 valence electrons. The van der Waals surface area contributed by atoms with E-state index in [1.807, 2.05) is 6.92 Å².